The maximum Gasteiger partial charge on any atom is 0.256 e. The molecule has 0 unspecified atom stereocenters. The molecule has 142 valence electrons. The van der Waals surface area contributed by atoms with Crippen molar-refractivity contribution in [2.45, 2.75) is 39.7 Å². The average Bonchev–Trinajstić information content (AvgIpc) is 3.16. The molecule has 0 N–H and O–H groups in total. The molecule has 1 saturated heterocycles. The lowest BCUT2D eigenvalue weighted by Crippen LogP contribution is -2.50. The molecule has 1 aliphatic heterocycles. The number of nitrogens with zero attached hydrogens (tertiary/aromatic N) is 6. The first kappa shape index (κ1) is 17.6. The molecule has 0 bridgehead atoms. The minimum absolute atomic E-state index is 0.0333. The quantitative estimate of drug-likeness (QED) is 0.784. The minimum atomic E-state index is -0.150. The van der Waals surface area contributed by atoms with Crippen molar-refractivity contribution < 1.29 is 4.79 Å². The first-order valence-electron chi connectivity index (χ1n) is 9.44. The molecule has 8 nitrogen and oxygen atoms in total. The fraction of sp³-hybridized carbons (Fsp3) is 0.526. The van der Waals surface area contributed by atoms with Crippen molar-refractivity contribution in [2.75, 3.05) is 31.1 Å². The summed E-state index contributed by atoms with van der Waals surface area (Å²) in [5, 5.41) is 8.71. The Morgan fingerprint density at radius 3 is 2.67 bits per heavy atom. The van der Waals surface area contributed by atoms with Gasteiger partial charge in [-0.2, -0.15) is 5.10 Å². The monoisotopic (exact) mass is 368 g/mol. The van der Waals surface area contributed by atoms with Crippen molar-refractivity contribution >= 4 is 11.7 Å². The van der Waals surface area contributed by atoms with Gasteiger partial charge in [-0.1, -0.05) is 0 Å². The summed E-state index contributed by atoms with van der Waals surface area (Å²) in [6.07, 6.45) is 4.72. The van der Waals surface area contributed by atoms with E-state index in [0.29, 0.717) is 24.3 Å². The highest BCUT2D eigenvalue weighted by molar-refractivity contribution is 5.76. The summed E-state index contributed by atoms with van der Waals surface area (Å²) in [6, 6.07) is 2.15. The second-order valence-electron chi connectivity index (χ2n) is 7.28. The van der Waals surface area contributed by atoms with Gasteiger partial charge in [-0.05, 0) is 44.7 Å². The topological polar surface area (TPSA) is 84.2 Å². The fourth-order valence-electron chi connectivity index (χ4n) is 3.69. The van der Waals surface area contributed by atoms with E-state index in [1.165, 1.54) is 16.5 Å². The number of piperazine rings is 1. The molecule has 1 amide bonds. The lowest BCUT2D eigenvalue weighted by Gasteiger charge is -2.35. The largest absolute Gasteiger partial charge is 0.352 e. The van der Waals surface area contributed by atoms with Gasteiger partial charge in [-0.3, -0.25) is 14.2 Å². The maximum atomic E-state index is 12.6. The second-order valence-corrected chi connectivity index (χ2v) is 7.28. The van der Waals surface area contributed by atoms with E-state index < -0.39 is 0 Å². The molecule has 3 heterocycles. The molecule has 2 aliphatic rings. The summed E-state index contributed by atoms with van der Waals surface area (Å²) < 4.78 is 1.39. The number of anilines is 1. The molecule has 0 saturated carbocycles. The third-order valence-electron chi connectivity index (χ3n) is 5.58. The van der Waals surface area contributed by atoms with Gasteiger partial charge in [0.15, 0.2) is 5.82 Å². The number of rotatable bonds is 3. The van der Waals surface area contributed by atoms with Crippen LogP contribution in [0.4, 0.5) is 5.82 Å². The van der Waals surface area contributed by atoms with E-state index in [1.807, 2.05) is 0 Å². The number of hydrogen-bond donors (Lipinski definition) is 0. The highest BCUT2D eigenvalue weighted by atomic mass is 16.2. The van der Waals surface area contributed by atoms with Crippen LogP contribution in [0.2, 0.25) is 0 Å². The Hall–Kier alpha value is -2.77. The van der Waals surface area contributed by atoms with Crippen LogP contribution in [0.15, 0.2) is 17.2 Å². The number of fused-ring (bicyclic) bond motifs is 1. The van der Waals surface area contributed by atoms with Crippen molar-refractivity contribution in [3.63, 3.8) is 0 Å². The summed E-state index contributed by atoms with van der Waals surface area (Å²) in [7, 11) is 0. The van der Waals surface area contributed by atoms with Crippen LogP contribution in [0.25, 0.3) is 0 Å². The van der Waals surface area contributed by atoms with Crippen LogP contribution in [0.1, 0.15) is 28.9 Å². The number of carbonyl (C=O) groups excluding carboxylic acids is 1. The van der Waals surface area contributed by atoms with Crippen molar-refractivity contribution in [3.05, 3.63) is 45.3 Å². The second kappa shape index (κ2) is 7.09. The SMILES string of the molecule is Cc1ncn(CC(=O)N2CCN(c3cc4c(nn3)CCC4)CC2)c(=O)c1C. The Morgan fingerprint density at radius 2 is 1.89 bits per heavy atom. The standard InChI is InChI=1S/C19H24N6O2/c1-13-14(2)20-12-25(19(13)27)11-18(26)24-8-6-23(7-9-24)17-10-15-4-3-5-16(15)21-22-17/h10,12H,3-9,11H2,1-2H3. The lowest BCUT2D eigenvalue weighted by atomic mass is 10.2. The molecule has 0 atom stereocenters. The molecule has 2 aromatic heterocycles. The van der Waals surface area contributed by atoms with Crippen LogP contribution in [0.5, 0.6) is 0 Å². The van der Waals surface area contributed by atoms with Crippen LogP contribution >= 0.6 is 0 Å². The number of aromatic nitrogens is 4. The Labute approximate surface area is 157 Å². The summed E-state index contributed by atoms with van der Waals surface area (Å²) >= 11 is 0. The lowest BCUT2D eigenvalue weighted by molar-refractivity contribution is -0.132. The van der Waals surface area contributed by atoms with Gasteiger partial charge in [0.25, 0.3) is 5.56 Å². The van der Waals surface area contributed by atoms with Crippen molar-refractivity contribution in [1.82, 2.24) is 24.6 Å². The fourth-order valence-corrected chi connectivity index (χ4v) is 3.69. The predicted molar refractivity (Wildman–Crippen MR) is 101 cm³/mol. The van der Waals surface area contributed by atoms with E-state index in [-0.39, 0.29) is 18.0 Å². The van der Waals surface area contributed by atoms with Gasteiger partial charge in [0, 0.05) is 37.4 Å². The minimum Gasteiger partial charge on any atom is -0.352 e. The van der Waals surface area contributed by atoms with Gasteiger partial charge in [0.2, 0.25) is 5.91 Å². The third-order valence-corrected chi connectivity index (χ3v) is 5.58. The van der Waals surface area contributed by atoms with Crippen molar-refractivity contribution in [1.29, 1.82) is 0 Å². The molecule has 0 aromatic carbocycles. The van der Waals surface area contributed by atoms with Gasteiger partial charge in [0.1, 0.15) is 6.54 Å². The first-order valence-corrected chi connectivity index (χ1v) is 9.44. The molecule has 8 heteroatoms. The Kier molecular flexibility index (Phi) is 4.63. The van der Waals surface area contributed by atoms with Gasteiger partial charge < -0.3 is 9.80 Å². The zero-order valence-electron chi connectivity index (χ0n) is 15.8. The number of amides is 1. The average molecular weight is 368 g/mol. The van der Waals surface area contributed by atoms with E-state index in [2.05, 4.69) is 26.1 Å². The maximum absolute atomic E-state index is 12.6. The molecule has 2 aromatic rings. The Bertz CT molecular complexity index is 930. The molecular formula is C19H24N6O2. The number of hydrogen-bond acceptors (Lipinski definition) is 6. The molecule has 0 spiro atoms. The van der Waals surface area contributed by atoms with Crippen LogP contribution < -0.4 is 10.5 Å². The molecule has 1 fully saturated rings. The predicted octanol–water partition coefficient (Wildman–Crippen LogP) is 0.488. The van der Waals surface area contributed by atoms with Gasteiger partial charge in [-0.15, -0.1) is 5.10 Å². The van der Waals surface area contributed by atoms with Crippen molar-refractivity contribution in [2.24, 2.45) is 0 Å². The van der Waals surface area contributed by atoms with E-state index in [1.54, 1.807) is 18.7 Å². The van der Waals surface area contributed by atoms with Crippen molar-refractivity contribution in [3.8, 4) is 0 Å². The summed E-state index contributed by atoms with van der Waals surface area (Å²) in [4.78, 5) is 33.0. The number of aryl methyl sites for hydroxylation is 3. The first-order chi connectivity index (χ1) is 13.0. The third kappa shape index (κ3) is 3.43. The molecule has 0 radical (unpaired) electrons. The normalized spacial score (nSPS) is 16.5. The zero-order valence-corrected chi connectivity index (χ0v) is 15.8. The van der Waals surface area contributed by atoms with E-state index in [9.17, 15) is 9.59 Å². The smallest absolute Gasteiger partial charge is 0.256 e. The molecule has 4 rings (SSSR count). The highest BCUT2D eigenvalue weighted by Crippen LogP contribution is 2.23. The van der Waals surface area contributed by atoms with Crippen LogP contribution in [0, 0.1) is 13.8 Å². The van der Waals surface area contributed by atoms with Crippen LogP contribution in [-0.4, -0.2) is 56.7 Å². The Morgan fingerprint density at radius 1 is 1.11 bits per heavy atom. The number of carbonyl (C=O) groups is 1. The Balaban J connectivity index is 1.38. The zero-order chi connectivity index (χ0) is 19.0. The molecule has 27 heavy (non-hydrogen) atoms. The highest BCUT2D eigenvalue weighted by Gasteiger charge is 2.24. The van der Waals surface area contributed by atoms with Gasteiger partial charge >= 0.3 is 0 Å². The van der Waals surface area contributed by atoms with E-state index >= 15 is 0 Å². The van der Waals surface area contributed by atoms with Crippen LogP contribution in [0.3, 0.4) is 0 Å². The van der Waals surface area contributed by atoms with E-state index in [0.717, 1.165) is 43.9 Å². The summed E-state index contributed by atoms with van der Waals surface area (Å²) in [5.41, 5.74) is 3.57. The summed E-state index contributed by atoms with van der Waals surface area (Å²) in [6.45, 7) is 6.24. The summed E-state index contributed by atoms with van der Waals surface area (Å²) in [5.74, 6) is 0.846. The van der Waals surface area contributed by atoms with Gasteiger partial charge in [0.05, 0.1) is 12.0 Å². The van der Waals surface area contributed by atoms with E-state index in [4.69, 9.17) is 0 Å². The molecular weight excluding hydrogens is 344 g/mol. The molecule has 1 aliphatic carbocycles. The van der Waals surface area contributed by atoms with Gasteiger partial charge in [-0.25, -0.2) is 4.98 Å². The van der Waals surface area contributed by atoms with Crippen LogP contribution in [-0.2, 0) is 24.2 Å².